The molecule has 1 aromatic rings. The summed E-state index contributed by atoms with van der Waals surface area (Å²) in [4.78, 5) is 3.87. The molecule has 0 aliphatic carbocycles. The van der Waals surface area contributed by atoms with E-state index in [1.54, 1.807) is 0 Å². The summed E-state index contributed by atoms with van der Waals surface area (Å²) in [6.07, 6.45) is 0. The molecule has 2 N–H and O–H groups in total. The van der Waals surface area contributed by atoms with Crippen molar-refractivity contribution in [2.24, 2.45) is 11.7 Å². The molecule has 1 rings (SSSR count). The molecule has 0 aliphatic rings. The van der Waals surface area contributed by atoms with Gasteiger partial charge in [-0.05, 0) is 30.8 Å². The summed E-state index contributed by atoms with van der Waals surface area (Å²) < 4.78 is 0. The number of nitrogens with zero attached hydrogens (tertiary/aromatic N) is 1. The van der Waals surface area contributed by atoms with Crippen molar-refractivity contribution in [3.63, 3.8) is 0 Å². The lowest BCUT2D eigenvalue weighted by molar-refractivity contribution is 0.168. The Hall–Kier alpha value is -0.380. The van der Waals surface area contributed by atoms with Crippen molar-refractivity contribution in [2.75, 3.05) is 13.1 Å². The predicted molar refractivity (Wildman–Crippen MR) is 72.8 cm³/mol. The number of hydrogen-bond donors (Lipinski definition) is 1. The lowest BCUT2D eigenvalue weighted by atomic mass is 10.1. The Morgan fingerprint density at radius 1 is 1.38 bits per heavy atom. The first-order chi connectivity index (χ1) is 7.56. The molecule has 0 saturated carbocycles. The molecule has 1 aromatic heterocycles. The van der Waals surface area contributed by atoms with Gasteiger partial charge in [-0.1, -0.05) is 26.8 Å². The molecule has 0 saturated heterocycles. The van der Waals surface area contributed by atoms with Gasteiger partial charge in [0.05, 0.1) is 6.04 Å². The maximum atomic E-state index is 6.15. The SMILES string of the molecule is CCN(CC(C)C)C(c1cccs1)C(C)N. The van der Waals surface area contributed by atoms with Crippen LogP contribution in [0, 0.1) is 5.92 Å². The molecule has 0 bridgehead atoms. The van der Waals surface area contributed by atoms with Crippen LogP contribution in [0.15, 0.2) is 17.5 Å². The molecule has 0 amide bonds. The molecule has 0 aromatic carbocycles. The second kappa shape index (κ2) is 6.38. The first-order valence-electron chi connectivity index (χ1n) is 6.09. The van der Waals surface area contributed by atoms with Crippen molar-refractivity contribution < 1.29 is 0 Å². The van der Waals surface area contributed by atoms with Gasteiger partial charge in [0.2, 0.25) is 0 Å². The second-order valence-electron chi connectivity index (χ2n) is 4.80. The van der Waals surface area contributed by atoms with Crippen LogP contribution in [0.1, 0.15) is 38.6 Å². The molecule has 2 unspecified atom stereocenters. The summed E-state index contributed by atoms with van der Waals surface area (Å²) >= 11 is 1.81. The lowest BCUT2D eigenvalue weighted by Crippen LogP contribution is -2.40. The average molecular weight is 240 g/mol. The van der Waals surface area contributed by atoms with Crippen LogP contribution in [0.25, 0.3) is 0 Å². The monoisotopic (exact) mass is 240 g/mol. The Kier molecular flexibility index (Phi) is 5.46. The van der Waals surface area contributed by atoms with Gasteiger partial charge in [-0.2, -0.15) is 0 Å². The van der Waals surface area contributed by atoms with Gasteiger partial charge in [-0.15, -0.1) is 11.3 Å². The van der Waals surface area contributed by atoms with Crippen molar-refractivity contribution in [3.8, 4) is 0 Å². The van der Waals surface area contributed by atoms with Crippen LogP contribution < -0.4 is 5.73 Å². The largest absolute Gasteiger partial charge is 0.326 e. The predicted octanol–water partition coefficient (Wildman–Crippen LogP) is 3.11. The van der Waals surface area contributed by atoms with Crippen LogP contribution in [-0.2, 0) is 0 Å². The number of hydrogen-bond acceptors (Lipinski definition) is 3. The molecule has 3 heteroatoms. The summed E-state index contributed by atoms with van der Waals surface area (Å²) in [5.41, 5.74) is 6.15. The molecule has 92 valence electrons. The molecule has 1 heterocycles. The number of thiophene rings is 1. The second-order valence-corrected chi connectivity index (χ2v) is 5.78. The van der Waals surface area contributed by atoms with Crippen LogP contribution in [0.3, 0.4) is 0 Å². The van der Waals surface area contributed by atoms with Gasteiger partial charge in [-0.3, -0.25) is 4.90 Å². The zero-order valence-electron chi connectivity index (χ0n) is 10.8. The van der Waals surface area contributed by atoms with E-state index in [0.29, 0.717) is 12.0 Å². The number of likely N-dealkylation sites (N-methyl/N-ethyl adjacent to an activating group) is 1. The van der Waals surface area contributed by atoms with E-state index in [0.717, 1.165) is 13.1 Å². The van der Waals surface area contributed by atoms with Crippen molar-refractivity contribution >= 4 is 11.3 Å². The molecular weight excluding hydrogens is 216 g/mol. The summed E-state index contributed by atoms with van der Waals surface area (Å²) in [6.45, 7) is 11.0. The van der Waals surface area contributed by atoms with Gasteiger partial charge in [0.1, 0.15) is 0 Å². The zero-order chi connectivity index (χ0) is 12.1. The van der Waals surface area contributed by atoms with E-state index in [9.17, 15) is 0 Å². The van der Waals surface area contributed by atoms with Crippen LogP contribution >= 0.6 is 11.3 Å². The van der Waals surface area contributed by atoms with E-state index in [4.69, 9.17) is 5.73 Å². The van der Waals surface area contributed by atoms with E-state index < -0.39 is 0 Å². The minimum atomic E-state index is 0.178. The van der Waals surface area contributed by atoms with Crippen LogP contribution in [0.2, 0.25) is 0 Å². The van der Waals surface area contributed by atoms with E-state index in [-0.39, 0.29) is 6.04 Å². The first kappa shape index (κ1) is 13.7. The highest BCUT2D eigenvalue weighted by Gasteiger charge is 2.24. The van der Waals surface area contributed by atoms with Gasteiger partial charge < -0.3 is 5.73 Å². The van der Waals surface area contributed by atoms with Crippen LogP contribution in [-0.4, -0.2) is 24.0 Å². The molecule has 2 atom stereocenters. The average Bonchev–Trinajstić information content (AvgIpc) is 2.68. The summed E-state index contributed by atoms with van der Waals surface area (Å²) in [7, 11) is 0. The fourth-order valence-electron chi connectivity index (χ4n) is 2.14. The summed E-state index contributed by atoms with van der Waals surface area (Å²) in [5.74, 6) is 0.682. The molecule has 0 aliphatic heterocycles. The Morgan fingerprint density at radius 3 is 2.44 bits per heavy atom. The third-order valence-electron chi connectivity index (χ3n) is 2.73. The van der Waals surface area contributed by atoms with Gasteiger partial charge in [0, 0.05) is 17.5 Å². The Balaban J connectivity index is 2.83. The van der Waals surface area contributed by atoms with Gasteiger partial charge in [-0.25, -0.2) is 0 Å². The van der Waals surface area contributed by atoms with E-state index in [1.807, 2.05) is 11.3 Å². The summed E-state index contributed by atoms with van der Waals surface area (Å²) in [6, 6.07) is 4.85. The van der Waals surface area contributed by atoms with Crippen molar-refractivity contribution in [3.05, 3.63) is 22.4 Å². The molecule has 0 radical (unpaired) electrons. The van der Waals surface area contributed by atoms with Gasteiger partial charge >= 0.3 is 0 Å². The van der Waals surface area contributed by atoms with E-state index in [1.165, 1.54) is 4.88 Å². The molecular formula is C13H24N2S. The third-order valence-corrected chi connectivity index (χ3v) is 3.67. The Morgan fingerprint density at radius 2 is 2.06 bits per heavy atom. The van der Waals surface area contributed by atoms with Crippen molar-refractivity contribution in [1.82, 2.24) is 4.90 Å². The maximum absolute atomic E-state index is 6.15. The quantitative estimate of drug-likeness (QED) is 0.828. The fraction of sp³-hybridized carbons (Fsp3) is 0.692. The highest BCUT2D eigenvalue weighted by atomic mass is 32.1. The van der Waals surface area contributed by atoms with Crippen molar-refractivity contribution in [1.29, 1.82) is 0 Å². The topological polar surface area (TPSA) is 29.3 Å². The fourth-order valence-corrected chi connectivity index (χ4v) is 3.11. The molecule has 0 spiro atoms. The Bertz CT molecular complexity index is 280. The molecule has 0 fully saturated rings. The first-order valence-corrected chi connectivity index (χ1v) is 6.97. The number of nitrogens with two attached hydrogens (primary N) is 1. The number of rotatable bonds is 6. The standard InChI is InChI=1S/C13H24N2S/c1-5-15(9-10(2)3)13(11(4)14)12-7-6-8-16-12/h6-8,10-11,13H,5,9,14H2,1-4H3. The highest BCUT2D eigenvalue weighted by Crippen LogP contribution is 2.27. The Labute approximate surface area is 103 Å². The van der Waals surface area contributed by atoms with Gasteiger partial charge in [0.25, 0.3) is 0 Å². The van der Waals surface area contributed by atoms with Crippen LogP contribution in [0.5, 0.6) is 0 Å². The molecule has 16 heavy (non-hydrogen) atoms. The summed E-state index contributed by atoms with van der Waals surface area (Å²) in [5, 5.41) is 2.13. The van der Waals surface area contributed by atoms with Crippen LogP contribution in [0.4, 0.5) is 0 Å². The molecule has 2 nitrogen and oxygen atoms in total. The normalized spacial score (nSPS) is 15.7. The highest BCUT2D eigenvalue weighted by molar-refractivity contribution is 7.10. The minimum absolute atomic E-state index is 0.178. The van der Waals surface area contributed by atoms with E-state index >= 15 is 0 Å². The third kappa shape index (κ3) is 3.58. The van der Waals surface area contributed by atoms with Crippen molar-refractivity contribution in [2.45, 2.75) is 39.8 Å². The minimum Gasteiger partial charge on any atom is -0.326 e. The van der Waals surface area contributed by atoms with Gasteiger partial charge in [0.15, 0.2) is 0 Å². The van der Waals surface area contributed by atoms with E-state index in [2.05, 4.69) is 50.1 Å². The lowest BCUT2D eigenvalue weighted by Gasteiger charge is -2.34. The smallest absolute Gasteiger partial charge is 0.0590 e. The zero-order valence-corrected chi connectivity index (χ0v) is 11.6. The maximum Gasteiger partial charge on any atom is 0.0590 e.